The lowest BCUT2D eigenvalue weighted by Crippen LogP contribution is -2.37. The third kappa shape index (κ3) is 4.60. The van der Waals surface area contributed by atoms with Crippen molar-refractivity contribution in [2.75, 3.05) is 49.6 Å². The van der Waals surface area contributed by atoms with Crippen LogP contribution in [0.1, 0.15) is 16.3 Å². The summed E-state index contributed by atoms with van der Waals surface area (Å²) < 4.78 is 5.40. The van der Waals surface area contributed by atoms with Gasteiger partial charge in [0, 0.05) is 43.8 Å². The van der Waals surface area contributed by atoms with Gasteiger partial charge in [0.15, 0.2) is 0 Å². The number of anilines is 2. The fourth-order valence-electron chi connectivity index (χ4n) is 3.35. The maximum absolute atomic E-state index is 12.5. The number of hydrogen-bond acceptors (Lipinski definition) is 7. The van der Waals surface area contributed by atoms with E-state index in [1.165, 1.54) is 0 Å². The number of benzene rings is 1. The van der Waals surface area contributed by atoms with Gasteiger partial charge in [-0.25, -0.2) is 9.97 Å². The molecule has 1 aromatic carbocycles. The highest BCUT2D eigenvalue weighted by Gasteiger charge is 2.14. The molecule has 2 N–H and O–H groups in total. The third-order valence-electron chi connectivity index (χ3n) is 4.76. The van der Waals surface area contributed by atoms with E-state index in [1.807, 2.05) is 43.3 Å². The standard InChI is InChI=1S/C21H24N6O2/c1-15-25-18(14-19(26-15)27-10-12-29-13-11-27)22-8-9-24-21(28)20-17-5-3-2-4-16(17)6-7-23-20/h2-7,14H,8-13H2,1H3,(H,24,28)(H,22,25,26). The van der Waals surface area contributed by atoms with Gasteiger partial charge in [-0.1, -0.05) is 24.3 Å². The van der Waals surface area contributed by atoms with Gasteiger partial charge in [0.2, 0.25) is 0 Å². The maximum atomic E-state index is 12.5. The van der Waals surface area contributed by atoms with Crippen LogP contribution in [0.25, 0.3) is 10.8 Å². The lowest BCUT2D eigenvalue weighted by atomic mass is 10.1. The topological polar surface area (TPSA) is 92.3 Å². The van der Waals surface area contributed by atoms with E-state index in [4.69, 9.17) is 4.74 Å². The van der Waals surface area contributed by atoms with Crippen LogP contribution in [0.4, 0.5) is 11.6 Å². The monoisotopic (exact) mass is 392 g/mol. The lowest BCUT2D eigenvalue weighted by molar-refractivity contribution is 0.0952. The smallest absolute Gasteiger partial charge is 0.270 e. The van der Waals surface area contributed by atoms with Crippen molar-refractivity contribution in [2.24, 2.45) is 0 Å². The van der Waals surface area contributed by atoms with Crippen LogP contribution >= 0.6 is 0 Å². The number of aromatic nitrogens is 3. The predicted molar refractivity (Wildman–Crippen MR) is 112 cm³/mol. The maximum Gasteiger partial charge on any atom is 0.270 e. The van der Waals surface area contributed by atoms with Crippen LogP contribution in [0.3, 0.4) is 0 Å². The molecule has 0 saturated carbocycles. The van der Waals surface area contributed by atoms with Crippen molar-refractivity contribution in [1.29, 1.82) is 0 Å². The van der Waals surface area contributed by atoms with Gasteiger partial charge < -0.3 is 20.3 Å². The van der Waals surface area contributed by atoms with Crippen molar-refractivity contribution in [1.82, 2.24) is 20.3 Å². The van der Waals surface area contributed by atoms with Crippen LogP contribution in [0.5, 0.6) is 0 Å². The molecule has 29 heavy (non-hydrogen) atoms. The third-order valence-corrected chi connectivity index (χ3v) is 4.76. The molecule has 1 aliphatic heterocycles. The van der Waals surface area contributed by atoms with E-state index >= 15 is 0 Å². The van der Waals surface area contributed by atoms with Gasteiger partial charge in [-0.2, -0.15) is 0 Å². The molecule has 0 atom stereocenters. The highest BCUT2D eigenvalue weighted by Crippen LogP contribution is 2.17. The molecule has 1 saturated heterocycles. The zero-order valence-corrected chi connectivity index (χ0v) is 16.4. The number of nitrogens with zero attached hydrogens (tertiary/aromatic N) is 4. The number of pyridine rings is 1. The summed E-state index contributed by atoms with van der Waals surface area (Å²) in [5.74, 6) is 2.17. The molecular formula is C21H24N6O2. The van der Waals surface area contributed by atoms with Gasteiger partial charge in [-0.3, -0.25) is 9.78 Å². The summed E-state index contributed by atoms with van der Waals surface area (Å²) in [6.45, 7) is 5.95. The van der Waals surface area contributed by atoms with Crippen LogP contribution in [0, 0.1) is 6.92 Å². The van der Waals surface area contributed by atoms with Gasteiger partial charge in [-0.15, -0.1) is 0 Å². The van der Waals surface area contributed by atoms with Crippen molar-refractivity contribution in [3.63, 3.8) is 0 Å². The Balaban J connectivity index is 1.34. The Morgan fingerprint density at radius 3 is 2.83 bits per heavy atom. The largest absolute Gasteiger partial charge is 0.378 e. The highest BCUT2D eigenvalue weighted by atomic mass is 16.5. The van der Waals surface area contributed by atoms with Gasteiger partial charge in [0.1, 0.15) is 23.2 Å². The van der Waals surface area contributed by atoms with E-state index in [1.54, 1.807) is 6.20 Å². The Labute approximate surface area is 169 Å². The number of carbonyl (C=O) groups excluding carboxylic acids is 1. The first-order valence-corrected chi connectivity index (χ1v) is 9.75. The van der Waals surface area contributed by atoms with Crippen molar-refractivity contribution < 1.29 is 9.53 Å². The summed E-state index contributed by atoms with van der Waals surface area (Å²) in [6, 6.07) is 11.6. The molecular weight excluding hydrogens is 368 g/mol. The SMILES string of the molecule is Cc1nc(NCCNC(=O)c2nccc3ccccc23)cc(N2CCOCC2)n1. The number of morpholine rings is 1. The molecule has 150 valence electrons. The zero-order chi connectivity index (χ0) is 20.1. The minimum atomic E-state index is -0.184. The average molecular weight is 392 g/mol. The van der Waals surface area contributed by atoms with E-state index < -0.39 is 0 Å². The molecule has 8 nitrogen and oxygen atoms in total. The first-order valence-electron chi connectivity index (χ1n) is 9.75. The molecule has 1 fully saturated rings. The molecule has 0 radical (unpaired) electrons. The number of rotatable bonds is 6. The fourth-order valence-corrected chi connectivity index (χ4v) is 3.35. The molecule has 8 heteroatoms. The average Bonchev–Trinajstić information content (AvgIpc) is 2.76. The molecule has 0 unspecified atom stereocenters. The summed E-state index contributed by atoms with van der Waals surface area (Å²) in [5, 5.41) is 8.03. The first-order chi connectivity index (χ1) is 14.2. The molecule has 4 rings (SSSR count). The van der Waals surface area contributed by atoms with Crippen LogP contribution < -0.4 is 15.5 Å². The second-order valence-corrected chi connectivity index (χ2v) is 6.82. The number of carbonyl (C=O) groups is 1. The lowest BCUT2D eigenvalue weighted by Gasteiger charge is -2.28. The van der Waals surface area contributed by atoms with E-state index in [-0.39, 0.29) is 5.91 Å². The van der Waals surface area contributed by atoms with Gasteiger partial charge in [0.05, 0.1) is 13.2 Å². The minimum absolute atomic E-state index is 0.184. The predicted octanol–water partition coefficient (Wildman–Crippen LogP) is 2.01. The Hall–Kier alpha value is -3.26. The number of nitrogens with one attached hydrogen (secondary N) is 2. The van der Waals surface area contributed by atoms with Crippen LogP contribution in [-0.4, -0.2) is 60.3 Å². The van der Waals surface area contributed by atoms with Crippen molar-refractivity contribution in [2.45, 2.75) is 6.92 Å². The normalized spacial score (nSPS) is 14.0. The van der Waals surface area contributed by atoms with E-state index in [0.717, 1.165) is 35.5 Å². The summed E-state index contributed by atoms with van der Waals surface area (Å²) in [5.41, 5.74) is 0.440. The summed E-state index contributed by atoms with van der Waals surface area (Å²) in [4.78, 5) is 27.9. The van der Waals surface area contributed by atoms with Crippen LogP contribution in [0.15, 0.2) is 42.6 Å². The Bertz CT molecular complexity index is 998. The van der Waals surface area contributed by atoms with Crippen LogP contribution in [-0.2, 0) is 4.74 Å². The minimum Gasteiger partial charge on any atom is -0.378 e. The number of amides is 1. The molecule has 0 spiro atoms. The molecule has 1 amide bonds. The Morgan fingerprint density at radius 2 is 1.97 bits per heavy atom. The van der Waals surface area contributed by atoms with E-state index in [2.05, 4.69) is 30.5 Å². The molecule has 0 bridgehead atoms. The molecule has 2 aromatic heterocycles. The summed E-state index contributed by atoms with van der Waals surface area (Å²) >= 11 is 0. The fraction of sp³-hybridized carbons (Fsp3) is 0.333. The summed E-state index contributed by atoms with van der Waals surface area (Å²) in [6.07, 6.45) is 1.66. The molecule has 1 aliphatic rings. The van der Waals surface area contributed by atoms with E-state index in [9.17, 15) is 4.79 Å². The number of aryl methyl sites for hydroxylation is 1. The second kappa shape index (κ2) is 8.83. The number of ether oxygens (including phenoxy) is 1. The highest BCUT2D eigenvalue weighted by molar-refractivity contribution is 6.05. The summed E-state index contributed by atoms with van der Waals surface area (Å²) in [7, 11) is 0. The Morgan fingerprint density at radius 1 is 1.14 bits per heavy atom. The molecule has 3 heterocycles. The van der Waals surface area contributed by atoms with Crippen LogP contribution in [0.2, 0.25) is 0 Å². The number of fused-ring (bicyclic) bond motifs is 1. The zero-order valence-electron chi connectivity index (χ0n) is 16.4. The first kappa shape index (κ1) is 19.1. The number of hydrogen-bond donors (Lipinski definition) is 2. The van der Waals surface area contributed by atoms with Crippen molar-refractivity contribution >= 4 is 28.3 Å². The Kier molecular flexibility index (Phi) is 5.81. The van der Waals surface area contributed by atoms with Crippen molar-refractivity contribution in [3.8, 4) is 0 Å². The molecule has 3 aromatic rings. The van der Waals surface area contributed by atoms with Gasteiger partial charge in [-0.05, 0) is 18.4 Å². The van der Waals surface area contributed by atoms with E-state index in [0.29, 0.717) is 37.8 Å². The second-order valence-electron chi connectivity index (χ2n) is 6.82. The van der Waals surface area contributed by atoms with Crippen molar-refractivity contribution in [3.05, 3.63) is 54.1 Å². The quantitative estimate of drug-likeness (QED) is 0.620. The van der Waals surface area contributed by atoms with Gasteiger partial charge in [0.25, 0.3) is 5.91 Å². The molecule has 0 aliphatic carbocycles. The van der Waals surface area contributed by atoms with Gasteiger partial charge >= 0.3 is 0 Å².